The molecule has 1 aliphatic heterocycles. The van der Waals surface area contributed by atoms with Crippen LogP contribution < -0.4 is 10.7 Å². The van der Waals surface area contributed by atoms with Crippen molar-refractivity contribution in [3.63, 3.8) is 0 Å². The van der Waals surface area contributed by atoms with E-state index in [0.717, 1.165) is 28.3 Å². The van der Waals surface area contributed by atoms with Crippen LogP contribution in [0.4, 0.5) is 4.79 Å². The van der Waals surface area contributed by atoms with Crippen LogP contribution in [0.1, 0.15) is 43.4 Å². The minimum absolute atomic E-state index is 0.357. The van der Waals surface area contributed by atoms with E-state index in [1.807, 2.05) is 60.7 Å². The van der Waals surface area contributed by atoms with Crippen LogP contribution >= 0.6 is 11.8 Å². The highest BCUT2D eigenvalue weighted by Crippen LogP contribution is 2.37. The predicted octanol–water partition coefficient (Wildman–Crippen LogP) is 4.05. The van der Waals surface area contributed by atoms with Crippen LogP contribution in [0.5, 0.6) is 0 Å². The van der Waals surface area contributed by atoms with Crippen LogP contribution in [0.3, 0.4) is 0 Å². The topological polar surface area (TPSA) is 78.5 Å². The molecule has 1 saturated heterocycles. The van der Waals surface area contributed by atoms with Gasteiger partial charge in [0.2, 0.25) is 0 Å². The van der Waals surface area contributed by atoms with E-state index < -0.39 is 22.7 Å². The van der Waals surface area contributed by atoms with Crippen molar-refractivity contribution in [3.8, 4) is 0 Å². The van der Waals surface area contributed by atoms with Crippen LogP contribution in [0.2, 0.25) is 0 Å². The van der Waals surface area contributed by atoms with Crippen LogP contribution in [0.15, 0.2) is 65.6 Å². The van der Waals surface area contributed by atoms with Crippen molar-refractivity contribution in [3.05, 3.63) is 66.2 Å². The van der Waals surface area contributed by atoms with E-state index in [4.69, 9.17) is 0 Å². The lowest BCUT2D eigenvalue weighted by atomic mass is 9.77. The van der Waals surface area contributed by atoms with Crippen molar-refractivity contribution in [2.45, 2.75) is 48.3 Å². The highest BCUT2D eigenvalue weighted by Gasteiger charge is 2.53. The maximum atomic E-state index is 13.2. The molecule has 7 heteroatoms. The van der Waals surface area contributed by atoms with Crippen LogP contribution in [-0.4, -0.2) is 28.4 Å². The van der Waals surface area contributed by atoms with E-state index in [0.29, 0.717) is 18.8 Å². The average molecular weight is 424 g/mol. The Morgan fingerprint density at radius 1 is 1.07 bits per heavy atom. The van der Waals surface area contributed by atoms with Gasteiger partial charge in [-0.3, -0.25) is 15.0 Å². The summed E-state index contributed by atoms with van der Waals surface area (Å²) >= 11 is 1.38. The molecule has 1 aliphatic carbocycles. The number of rotatable bonds is 5. The molecule has 1 spiro atoms. The number of urea groups is 1. The molecule has 1 saturated carbocycles. The third-order valence-electron chi connectivity index (χ3n) is 5.85. The highest BCUT2D eigenvalue weighted by molar-refractivity contribution is 8.00. The van der Waals surface area contributed by atoms with Gasteiger partial charge in [0.25, 0.3) is 11.8 Å². The number of nitrogens with one attached hydrogen (secondary N) is 2. The minimum atomic E-state index is -0.883. The maximum absolute atomic E-state index is 13.2. The molecule has 156 valence electrons. The molecule has 30 heavy (non-hydrogen) atoms. The number of hydrogen-bond acceptors (Lipinski definition) is 4. The average Bonchev–Trinajstić information content (AvgIpc) is 2.99. The van der Waals surface area contributed by atoms with Crippen molar-refractivity contribution in [2.24, 2.45) is 5.92 Å². The zero-order valence-corrected chi connectivity index (χ0v) is 17.7. The standard InChI is InChI=1S/C23H25N3O3S/c1-16-12-14-23(15-13-16)21(28)26(22(29)24-23)25-20(27)19(17-8-4-2-5-9-17)30-18-10-6-3-7-11-18/h2-11,16,19H,12-15H2,1H3,(H,24,29)(H,25,27)/t16?,19-,23?/m1/s1. The lowest BCUT2D eigenvalue weighted by Gasteiger charge is -2.33. The highest BCUT2D eigenvalue weighted by atomic mass is 32.2. The Hall–Kier alpha value is -2.80. The molecular formula is C23H25N3O3S. The monoisotopic (exact) mass is 423 g/mol. The molecule has 2 aromatic rings. The molecule has 6 nitrogen and oxygen atoms in total. The van der Waals surface area contributed by atoms with Gasteiger partial charge in [0.1, 0.15) is 10.8 Å². The Balaban J connectivity index is 1.53. The molecule has 2 N–H and O–H groups in total. The summed E-state index contributed by atoms with van der Waals surface area (Å²) in [7, 11) is 0. The molecule has 2 aromatic carbocycles. The maximum Gasteiger partial charge on any atom is 0.344 e. The Bertz CT molecular complexity index is 927. The molecule has 0 aromatic heterocycles. The second kappa shape index (κ2) is 8.52. The SMILES string of the molecule is CC1CCC2(CC1)NC(=O)N(NC(=O)[C@H](Sc1ccccc1)c1ccccc1)C2=O. The van der Waals surface area contributed by atoms with E-state index in [9.17, 15) is 14.4 Å². The summed E-state index contributed by atoms with van der Waals surface area (Å²) in [4.78, 5) is 39.8. The van der Waals surface area contributed by atoms with Gasteiger partial charge >= 0.3 is 6.03 Å². The van der Waals surface area contributed by atoms with E-state index in [1.165, 1.54) is 11.8 Å². The summed E-state index contributed by atoms with van der Waals surface area (Å²) in [5, 5.41) is 3.11. The van der Waals surface area contributed by atoms with Crippen molar-refractivity contribution in [1.82, 2.24) is 15.8 Å². The molecule has 1 atom stereocenters. The Morgan fingerprint density at radius 3 is 2.30 bits per heavy atom. The fourth-order valence-corrected chi connectivity index (χ4v) is 5.06. The van der Waals surface area contributed by atoms with Gasteiger partial charge in [0.05, 0.1) is 0 Å². The first-order valence-corrected chi connectivity index (χ1v) is 11.1. The summed E-state index contributed by atoms with van der Waals surface area (Å²) in [6.07, 6.45) is 2.96. The van der Waals surface area contributed by atoms with E-state index >= 15 is 0 Å². The Morgan fingerprint density at radius 2 is 1.67 bits per heavy atom. The number of benzene rings is 2. The largest absolute Gasteiger partial charge is 0.344 e. The zero-order valence-electron chi connectivity index (χ0n) is 16.8. The van der Waals surface area contributed by atoms with Gasteiger partial charge in [-0.25, -0.2) is 4.79 Å². The molecule has 4 amide bonds. The summed E-state index contributed by atoms with van der Waals surface area (Å²) in [6, 6.07) is 18.4. The predicted molar refractivity (Wildman–Crippen MR) is 115 cm³/mol. The van der Waals surface area contributed by atoms with Crippen LogP contribution in [0, 0.1) is 5.92 Å². The molecular weight excluding hydrogens is 398 g/mol. The van der Waals surface area contributed by atoms with Gasteiger partial charge in [0, 0.05) is 4.90 Å². The second-order valence-corrected chi connectivity index (χ2v) is 9.21. The Kier molecular flexibility index (Phi) is 5.81. The van der Waals surface area contributed by atoms with E-state index in [2.05, 4.69) is 17.7 Å². The molecule has 0 bridgehead atoms. The number of hydrazine groups is 1. The smallest absolute Gasteiger partial charge is 0.322 e. The summed E-state index contributed by atoms with van der Waals surface area (Å²) in [5.74, 6) is -0.224. The van der Waals surface area contributed by atoms with Crippen molar-refractivity contribution in [2.75, 3.05) is 0 Å². The van der Waals surface area contributed by atoms with Crippen molar-refractivity contribution < 1.29 is 14.4 Å². The fraction of sp³-hybridized carbons (Fsp3) is 0.348. The van der Waals surface area contributed by atoms with Crippen LogP contribution in [-0.2, 0) is 9.59 Å². The number of nitrogens with zero attached hydrogens (tertiary/aromatic N) is 1. The van der Waals surface area contributed by atoms with Gasteiger partial charge in [0.15, 0.2) is 0 Å². The quantitative estimate of drug-likeness (QED) is 0.562. The first-order chi connectivity index (χ1) is 14.5. The third kappa shape index (κ3) is 4.07. The molecule has 4 rings (SSSR count). The fourth-order valence-electron chi connectivity index (χ4n) is 4.02. The van der Waals surface area contributed by atoms with Gasteiger partial charge in [-0.2, -0.15) is 5.01 Å². The number of carbonyl (C=O) groups excluding carboxylic acids is 3. The molecule has 0 unspecified atom stereocenters. The minimum Gasteiger partial charge on any atom is -0.322 e. The third-order valence-corrected chi connectivity index (χ3v) is 7.12. The first kappa shape index (κ1) is 20.5. The second-order valence-electron chi connectivity index (χ2n) is 8.03. The first-order valence-electron chi connectivity index (χ1n) is 10.2. The van der Waals surface area contributed by atoms with E-state index in [-0.39, 0.29) is 5.91 Å². The summed E-state index contributed by atoms with van der Waals surface area (Å²) in [6.45, 7) is 2.15. The van der Waals surface area contributed by atoms with Gasteiger partial charge in [-0.15, -0.1) is 11.8 Å². The molecule has 1 heterocycles. The van der Waals surface area contributed by atoms with Crippen LogP contribution in [0.25, 0.3) is 0 Å². The number of thioether (sulfide) groups is 1. The number of carbonyl (C=O) groups is 3. The van der Waals surface area contributed by atoms with Gasteiger partial charge in [-0.05, 0) is 49.3 Å². The number of hydrogen-bond donors (Lipinski definition) is 2. The van der Waals surface area contributed by atoms with Crippen molar-refractivity contribution >= 4 is 29.6 Å². The summed E-state index contributed by atoms with van der Waals surface area (Å²) < 4.78 is 0. The lowest BCUT2D eigenvalue weighted by molar-refractivity contribution is -0.140. The normalized spacial score (nSPS) is 24.6. The van der Waals surface area contributed by atoms with E-state index in [1.54, 1.807) is 0 Å². The zero-order chi connectivity index (χ0) is 21.1. The number of amides is 4. The van der Waals surface area contributed by atoms with Crippen molar-refractivity contribution in [1.29, 1.82) is 0 Å². The molecule has 0 radical (unpaired) electrons. The summed E-state index contributed by atoms with van der Waals surface area (Å²) in [5.41, 5.74) is 2.51. The molecule has 2 aliphatic rings. The lowest BCUT2D eigenvalue weighted by Crippen LogP contribution is -2.52. The molecule has 2 fully saturated rings. The van der Waals surface area contributed by atoms with Gasteiger partial charge in [-0.1, -0.05) is 55.5 Å². The van der Waals surface area contributed by atoms with Gasteiger partial charge < -0.3 is 5.32 Å². The number of imide groups is 1. The Labute approximate surface area is 180 Å².